The Bertz CT molecular complexity index is 1040. The van der Waals surface area contributed by atoms with Crippen molar-refractivity contribution in [3.8, 4) is 6.07 Å². The van der Waals surface area contributed by atoms with E-state index < -0.39 is 0 Å². The number of pyridine rings is 1. The first-order valence-electron chi connectivity index (χ1n) is 8.93. The highest BCUT2D eigenvalue weighted by atomic mass is 16.2. The normalized spacial score (nSPS) is 13.2. The molecule has 1 aromatic carbocycles. The number of carbonyl (C=O) groups is 1. The van der Waals surface area contributed by atoms with Crippen LogP contribution in [0, 0.1) is 18.3 Å². The van der Waals surface area contributed by atoms with E-state index in [-0.39, 0.29) is 12.5 Å². The number of carbonyl (C=O) groups excluding carboxylic acids is 1. The predicted molar refractivity (Wildman–Crippen MR) is 101 cm³/mol. The van der Waals surface area contributed by atoms with Crippen LogP contribution in [0.2, 0.25) is 0 Å². The Balaban J connectivity index is 1.60. The van der Waals surface area contributed by atoms with Gasteiger partial charge in [-0.05, 0) is 61.8 Å². The van der Waals surface area contributed by atoms with Crippen LogP contribution in [0.4, 0.5) is 5.82 Å². The number of benzene rings is 1. The zero-order chi connectivity index (χ0) is 18.1. The average molecular weight is 344 g/mol. The highest BCUT2D eigenvalue weighted by Crippen LogP contribution is 2.25. The molecule has 3 aromatic rings. The lowest BCUT2D eigenvalue weighted by molar-refractivity contribution is -0.116. The first-order chi connectivity index (χ1) is 12.7. The highest BCUT2D eigenvalue weighted by molar-refractivity contribution is 5.92. The largest absolute Gasteiger partial charge is 0.335 e. The second-order valence-electron chi connectivity index (χ2n) is 6.79. The van der Waals surface area contributed by atoms with Gasteiger partial charge in [-0.2, -0.15) is 5.26 Å². The molecule has 1 aliphatic rings. The molecule has 1 N–H and O–H groups in total. The van der Waals surface area contributed by atoms with Crippen LogP contribution in [-0.2, 0) is 24.2 Å². The lowest BCUT2D eigenvalue weighted by atomic mass is 9.95. The van der Waals surface area contributed by atoms with Gasteiger partial charge in [-0.1, -0.05) is 18.2 Å². The van der Waals surface area contributed by atoms with Gasteiger partial charge >= 0.3 is 0 Å². The third-order valence-corrected chi connectivity index (χ3v) is 5.00. The number of fused-ring (bicyclic) bond motifs is 2. The van der Waals surface area contributed by atoms with Gasteiger partial charge in [-0.25, -0.2) is 4.98 Å². The lowest BCUT2D eigenvalue weighted by Crippen LogP contribution is -2.21. The highest BCUT2D eigenvalue weighted by Gasteiger charge is 2.17. The summed E-state index contributed by atoms with van der Waals surface area (Å²) in [5.41, 5.74) is 4.64. The van der Waals surface area contributed by atoms with E-state index in [4.69, 9.17) is 0 Å². The minimum absolute atomic E-state index is 0.172. The summed E-state index contributed by atoms with van der Waals surface area (Å²) < 4.78 is 1.98. The molecule has 0 aliphatic heterocycles. The third-order valence-electron chi connectivity index (χ3n) is 5.00. The number of nitrogens with zero attached hydrogens (tertiary/aromatic N) is 3. The van der Waals surface area contributed by atoms with Crippen LogP contribution in [0.15, 0.2) is 36.4 Å². The van der Waals surface area contributed by atoms with E-state index in [1.165, 1.54) is 0 Å². The molecule has 0 saturated heterocycles. The first kappa shape index (κ1) is 16.3. The van der Waals surface area contributed by atoms with Gasteiger partial charge in [0.05, 0.1) is 5.56 Å². The molecular weight excluding hydrogens is 324 g/mol. The van der Waals surface area contributed by atoms with E-state index in [2.05, 4.69) is 22.4 Å². The number of anilines is 1. The van der Waals surface area contributed by atoms with Crippen LogP contribution in [0.3, 0.4) is 0 Å². The molecular formula is C21H20N4O. The van der Waals surface area contributed by atoms with Crippen LogP contribution in [-0.4, -0.2) is 15.5 Å². The van der Waals surface area contributed by atoms with E-state index in [0.29, 0.717) is 11.4 Å². The maximum absolute atomic E-state index is 12.6. The summed E-state index contributed by atoms with van der Waals surface area (Å²) in [7, 11) is 0. The Morgan fingerprint density at radius 3 is 2.92 bits per heavy atom. The molecule has 2 heterocycles. The standard InChI is InChI=1S/C21H20N4O/c1-14-10-16-7-3-5-9-19(16)25(14)13-20(26)24-21-17(12-22)11-15-6-2-4-8-18(15)23-21/h3,5,7,9-11H,2,4,6,8,13H2,1H3,(H,23,24,26). The maximum atomic E-state index is 12.6. The van der Waals surface area contributed by atoms with Crippen molar-refractivity contribution < 1.29 is 4.79 Å². The van der Waals surface area contributed by atoms with Gasteiger partial charge in [0.1, 0.15) is 12.6 Å². The molecule has 1 aliphatic carbocycles. The van der Waals surface area contributed by atoms with Crippen LogP contribution < -0.4 is 5.32 Å². The van der Waals surface area contributed by atoms with Crippen molar-refractivity contribution in [3.63, 3.8) is 0 Å². The summed E-state index contributed by atoms with van der Waals surface area (Å²) in [5.74, 6) is 0.210. The van der Waals surface area contributed by atoms with Gasteiger partial charge in [0.2, 0.25) is 5.91 Å². The lowest BCUT2D eigenvalue weighted by Gasteiger charge is -2.17. The number of nitrogens with one attached hydrogen (secondary N) is 1. The smallest absolute Gasteiger partial charge is 0.245 e. The van der Waals surface area contributed by atoms with Gasteiger partial charge in [0.15, 0.2) is 5.82 Å². The van der Waals surface area contributed by atoms with Gasteiger partial charge < -0.3 is 9.88 Å². The quantitative estimate of drug-likeness (QED) is 0.787. The summed E-state index contributed by atoms with van der Waals surface area (Å²) >= 11 is 0. The molecule has 0 saturated carbocycles. The molecule has 130 valence electrons. The van der Waals surface area contributed by atoms with Crippen molar-refractivity contribution in [1.29, 1.82) is 5.26 Å². The van der Waals surface area contributed by atoms with Gasteiger partial charge in [0.25, 0.3) is 0 Å². The molecule has 26 heavy (non-hydrogen) atoms. The molecule has 5 heteroatoms. The Morgan fingerprint density at radius 1 is 1.27 bits per heavy atom. The zero-order valence-corrected chi connectivity index (χ0v) is 14.7. The molecule has 0 atom stereocenters. The summed E-state index contributed by atoms with van der Waals surface area (Å²) in [4.78, 5) is 17.2. The van der Waals surface area contributed by atoms with Crippen LogP contribution in [0.25, 0.3) is 10.9 Å². The second kappa shape index (κ2) is 6.64. The number of rotatable bonds is 3. The number of amides is 1. The number of nitriles is 1. The number of aromatic nitrogens is 2. The van der Waals surface area contributed by atoms with E-state index in [0.717, 1.165) is 53.5 Å². The SMILES string of the molecule is Cc1cc2ccccc2n1CC(=O)Nc1nc2c(cc1C#N)CCCC2. The Morgan fingerprint density at radius 2 is 2.08 bits per heavy atom. The van der Waals surface area contributed by atoms with Crippen LogP contribution in [0.5, 0.6) is 0 Å². The van der Waals surface area contributed by atoms with Gasteiger partial charge in [-0.15, -0.1) is 0 Å². The average Bonchev–Trinajstić information content (AvgIpc) is 2.96. The van der Waals surface area contributed by atoms with E-state index in [1.807, 2.05) is 41.8 Å². The molecule has 1 amide bonds. The van der Waals surface area contributed by atoms with Crippen molar-refractivity contribution >= 4 is 22.6 Å². The topological polar surface area (TPSA) is 70.7 Å². The molecule has 0 radical (unpaired) electrons. The Kier molecular flexibility index (Phi) is 4.18. The third kappa shape index (κ3) is 2.95. The van der Waals surface area contributed by atoms with Gasteiger partial charge in [0, 0.05) is 16.9 Å². The number of aryl methyl sites for hydroxylation is 3. The number of para-hydroxylation sites is 1. The first-order valence-corrected chi connectivity index (χ1v) is 8.93. The summed E-state index contributed by atoms with van der Waals surface area (Å²) in [6.45, 7) is 2.19. The number of hydrogen-bond acceptors (Lipinski definition) is 3. The Hall–Kier alpha value is -3.13. The van der Waals surface area contributed by atoms with E-state index in [1.54, 1.807) is 0 Å². The molecule has 0 fully saturated rings. The maximum Gasteiger partial charge on any atom is 0.245 e. The Labute approximate surface area is 152 Å². The monoisotopic (exact) mass is 344 g/mol. The predicted octanol–water partition coefficient (Wildman–Crippen LogP) is 3.73. The van der Waals surface area contributed by atoms with Gasteiger partial charge in [-0.3, -0.25) is 4.79 Å². The number of hydrogen-bond donors (Lipinski definition) is 1. The fourth-order valence-electron chi connectivity index (χ4n) is 3.69. The van der Waals surface area contributed by atoms with Crippen molar-refractivity contribution in [2.45, 2.75) is 39.2 Å². The summed E-state index contributed by atoms with van der Waals surface area (Å²) in [6.07, 6.45) is 4.10. The molecule has 2 aromatic heterocycles. The summed E-state index contributed by atoms with van der Waals surface area (Å²) in [5, 5.41) is 13.4. The fraction of sp³-hybridized carbons (Fsp3) is 0.286. The van der Waals surface area contributed by atoms with E-state index in [9.17, 15) is 10.1 Å². The minimum Gasteiger partial charge on any atom is -0.335 e. The van der Waals surface area contributed by atoms with Crippen LogP contribution >= 0.6 is 0 Å². The molecule has 4 rings (SSSR count). The van der Waals surface area contributed by atoms with Crippen molar-refractivity contribution in [2.75, 3.05) is 5.32 Å². The summed E-state index contributed by atoms with van der Waals surface area (Å²) in [6, 6.07) is 14.1. The van der Waals surface area contributed by atoms with Crippen molar-refractivity contribution in [3.05, 3.63) is 58.9 Å². The molecule has 0 bridgehead atoms. The van der Waals surface area contributed by atoms with E-state index >= 15 is 0 Å². The fourth-order valence-corrected chi connectivity index (χ4v) is 3.69. The molecule has 0 spiro atoms. The molecule has 0 unspecified atom stereocenters. The van der Waals surface area contributed by atoms with Crippen LogP contribution in [0.1, 0.15) is 35.4 Å². The van der Waals surface area contributed by atoms with Crippen molar-refractivity contribution in [1.82, 2.24) is 9.55 Å². The van der Waals surface area contributed by atoms with Crippen molar-refractivity contribution in [2.24, 2.45) is 0 Å². The second-order valence-corrected chi connectivity index (χ2v) is 6.79. The zero-order valence-electron chi connectivity index (χ0n) is 14.7. The molecule has 5 nitrogen and oxygen atoms in total. The minimum atomic E-state index is -0.172.